The van der Waals surface area contributed by atoms with Gasteiger partial charge < -0.3 is 10.6 Å². The highest BCUT2D eigenvalue weighted by molar-refractivity contribution is 5.96. The zero-order chi connectivity index (χ0) is 15.7. The van der Waals surface area contributed by atoms with Crippen molar-refractivity contribution in [2.45, 2.75) is 18.4 Å². The van der Waals surface area contributed by atoms with Gasteiger partial charge in [0.2, 0.25) is 0 Å². The van der Waals surface area contributed by atoms with E-state index >= 15 is 0 Å². The molecule has 0 atom stereocenters. The van der Waals surface area contributed by atoms with Gasteiger partial charge >= 0.3 is 0 Å². The fourth-order valence-electron chi connectivity index (χ4n) is 3.08. The number of rotatable bonds is 3. The third-order valence-corrected chi connectivity index (χ3v) is 4.33. The van der Waals surface area contributed by atoms with Crippen LogP contribution in [0.1, 0.15) is 12.8 Å². The van der Waals surface area contributed by atoms with Crippen molar-refractivity contribution in [1.82, 2.24) is 29.7 Å². The van der Waals surface area contributed by atoms with E-state index in [0.29, 0.717) is 24.3 Å². The van der Waals surface area contributed by atoms with Gasteiger partial charge in [-0.2, -0.15) is 14.7 Å². The predicted molar refractivity (Wildman–Crippen MR) is 83.9 cm³/mol. The van der Waals surface area contributed by atoms with Gasteiger partial charge in [0.1, 0.15) is 11.4 Å². The Kier molecular flexibility index (Phi) is 3.30. The third-order valence-electron chi connectivity index (χ3n) is 4.33. The van der Waals surface area contributed by atoms with Gasteiger partial charge in [0.05, 0.1) is 6.20 Å². The molecular formula is C15H17N7O. The van der Waals surface area contributed by atoms with Crippen LogP contribution in [0.5, 0.6) is 0 Å². The molecule has 4 heterocycles. The topological polar surface area (TPSA) is 89.1 Å². The van der Waals surface area contributed by atoms with Crippen molar-refractivity contribution in [3.8, 4) is 0 Å². The Hall–Kier alpha value is -2.74. The highest BCUT2D eigenvalue weighted by Gasteiger charge is 2.42. The lowest BCUT2D eigenvalue weighted by Gasteiger charge is -2.36. The van der Waals surface area contributed by atoms with Crippen molar-refractivity contribution in [2.75, 3.05) is 18.4 Å². The van der Waals surface area contributed by atoms with Crippen LogP contribution >= 0.6 is 0 Å². The first-order valence-corrected chi connectivity index (χ1v) is 7.61. The van der Waals surface area contributed by atoms with Crippen LogP contribution in [-0.2, 0) is 10.3 Å². The van der Waals surface area contributed by atoms with Gasteiger partial charge in [-0.25, -0.2) is 4.98 Å². The number of nitrogens with one attached hydrogen (secondary N) is 2. The summed E-state index contributed by atoms with van der Waals surface area (Å²) in [5, 5.41) is 14.8. The molecular weight excluding hydrogens is 294 g/mol. The van der Waals surface area contributed by atoms with E-state index in [9.17, 15) is 4.79 Å². The number of hydrogen-bond donors (Lipinski definition) is 2. The minimum absolute atomic E-state index is 0.0781. The van der Waals surface area contributed by atoms with E-state index in [1.165, 1.54) is 0 Å². The average molecular weight is 311 g/mol. The molecule has 118 valence electrons. The van der Waals surface area contributed by atoms with Crippen LogP contribution in [0.4, 0.5) is 5.82 Å². The van der Waals surface area contributed by atoms with Crippen molar-refractivity contribution in [1.29, 1.82) is 0 Å². The summed E-state index contributed by atoms with van der Waals surface area (Å²) in [5.41, 5.74) is 0.0126. The number of amides is 1. The molecule has 0 saturated carbocycles. The molecule has 1 fully saturated rings. The molecule has 1 saturated heterocycles. The number of fused-ring (bicyclic) bond motifs is 1. The van der Waals surface area contributed by atoms with E-state index in [1.54, 1.807) is 39.9 Å². The number of piperidine rings is 1. The maximum absolute atomic E-state index is 13.1. The first-order valence-electron chi connectivity index (χ1n) is 7.61. The first kappa shape index (κ1) is 13.9. The molecule has 1 amide bonds. The van der Waals surface area contributed by atoms with Gasteiger partial charge in [-0.05, 0) is 38.1 Å². The summed E-state index contributed by atoms with van der Waals surface area (Å²) < 4.78 is 3.39. The lowest BCUT2D eigenvalue weighted by Crippen LogP contribution is -2.52. The Bertz CT molecular complexity index is 817. The Morgan fingerprint density at radius 2 is 2.04 bits per heavy atom. The Labute approximate surface area is 132 Å². The number of nitrogens with zero attached hydrogens (tertiary/aromatic N) is 5. The average Bonchev–Trinajstić information content (AvgIpc) is 3.27. The van der Waals surface area contributed by atoms with E-state index in [2.05, 4.69) is 25.8 Å². The van der Waals surface area contributed by atoms with Crippen molar-refractivity contribution in [2.24, 2.45) is 0 Å². The van der Waals surface area contributed by atoms with Crippen LogP contribution < -0.4 is 10.6 Å². The van der Waals surface area contributed by atoms with Crippen LogP contribution in [0.25, 0.3) is 5.65 Å². The van der Waals surface area contributed by atoms with Crippen LogP contribution in [0.2, 0.25) is 0 Å². The molecule has 8 heteroatoms. The molecule has 0 radical (unpaired) electrons. The second kappa shape index (κ2) is 5.47. The maximum Gasteiger partial charge on any atom is 0.253 e. The summed E-state index contributed by atoms with van der Waals surface area (Å²) >= 11 is 0. The van der Waals surface area contributed by atoms with Crippen LogP contribution in [0.15, 0.2) is 43.0 Å². The van der Waals surface area contributed by atoms with Crippen LogP contribution in [0, 0.1) is 0 Å². The Morgan fingerprint density at radius 1 is 1.17 bits per heavy atom. The Morgan fingerprint density at radius 3 is 2.83 bits per heavy atom. The monoisotopic (exact) mass is 311 g/mol. The van der Waals surface area contributed by atoms with Crippen LogP contribution in [-0.4, -0.2) is 43.4 Å². The smallest absolute Gasteiger partial charge is 0.253 e. The molecule has 0 bridgehead atoms. The quantitative estimate of drug-likeness (QED) is 0.741. The molecule has 23 heavy (non-hydrogen) atoms. The molecule has 3 aromatic rings. The summed E-state index contributed by atoms with van der Waals surface area (Å²) in [4.78, 5) is 17.3. The summed E-state index contributed by atoms with van der Waals surface area (Å²) in [6.45, 7) is 1.56. The van der Waals surface area contributed by atoms with Gasteiger partial charge in [0.25, 0.3) is 5.91 Å². The molecule has 0 aliphatic carbocycles. The SMILES string of the molecule is O=C(Nc1ccnc2ccnn12)C1(n2cccn2)CCNCC1. The standard InChI is InChI=1S/C15H17N7O/c23-14(20-13-2-7-17-12-3-8-19-22(12)13)15(4-9-16-10-5-15)21-11-1-6-18-21/h1-3,6-8,11,16H,4-5,9-10H2,(H,20,23). The predicted octanol–water partition coefficient (Wildman–Crippen LogP) is 0.643. The van der Waals surface area contributed by atoms with Crippen molar-refractivity contribution >= 4 is 17.4 Å². The zero-order valence-electron chi connectivity index (χ0n) is 12.5. The number of carbonyl (C=O) groups excluding carboxylic acids is 1. The number of hydrogen-bond acceptors (Lipinski definition) is 5. The summed E-state index contributed by atoms with van der Waals surface area (Å²) in [5.74, 6) is 0.528. The summed E-state index contributed by atoms with van der Waals surface area (Å²) in [7, 11) is 0. The molecule has 0 aromatic carbocycles. The highest BCUT2D eigenvalue weighted by Crippen LogP contribution is 2.28. The lowest BCUT2D eigenvalue weighted by atomic mass is 9.87. The molecule has 8 nitrogen and oxygen atoms in total. The number of aromatic nitrogens is 5. The first-order chi connectivity index (χ1) is 11.3. The zero-order valence-corrected chi connectivity index (χ0v) is 12.5. The van der Waals surface area contributed by atoms with Crippen molar-refractivity contribution in [3.63, 3.8) is 0 Å². The molecule has 1 aliphatic rings. The minimum Gasteiger partial charge on any atom is -0.317 e. The molecule has 1 aliphatic heterocycles. The lowest BCUT2D eigenvalue weighted by molar-refractivity contribution is -0.126. The van der Waals surface area contributed by atoms with E-state index in [4.69, 9.17) is 0 Å². The van der Waals surface area contributed by atoms with E-state index in [0.717, 1.165) is 13.1 Å². The molecule has 0 unspecified atom stereocenters. The van der Waals surface area contributed by atoms with Gasteiger partial charge in [-0.1, -0.05) is 0 Å². The summed E-state index contributed by atoms with van der Waals surface area (Å²) in [6.07, 6.45) is 8.25. The summed E-state index contributed by atoms with van der Waals surface area (Å²) in [6, 6.07) is 5.38. The maximum atomic E-state index is 13.1. The highest BCUT2D eigenvalue weighted by atomic mass is 16.2. The van der Waals surface area contributed by atoms with E-state index in [1.807, 2.05) is 12.3 Å². The molecule has 2 N–H and O–H groups in total. The van der Waals surface area contributed by atoms with E-state index in [-0.39, 0.29) is 5.91 Å². The Balaban J connectivity index is 1.70. The molecule has 3 aromatic heterocycles. The van der Waals surface area contributed by atoms with E-state index < -0.39 is 5.54 Å². The van der Waals surface area contributed by atoms with Gasteiger partial charge in [-0.15, -0.1) is 0 Å². The minimum atomic E-state index is -0.683. The second-order valence-electron chi connectivity index (χ2n) is 5.62. The van der Waals surface area contributed by atoms with Crippen molar-refractivity contribution in [3.05, 3.63) is 43.0 Å². The molecule has 0 spiro atoms. The second-order valence-corrected chi connectivity index (χ2v) is 5.62. The fraction of sp³-hybridized carbons (Fsp3) is 0.333. The van der Waals surface area contributed by atoms with Crippen LogP contribution in [0.3, 0.4) is 0 Å². The van der Waals surface area contributed by atoms with Gasteiger partial charge in [-0.3, -0.25) is 9.48 Å². The fourth-order valence-corrected chi connectivity index (χ4v) is 3.08. The molecule has 4 rings (SSSR count). The van der Waals surface area contributed by atoms with Gasteiger partial charge in [0, 0.05) is 24.7 Å². The van der Waals surface area contributed by atoms with Crippen molar-refractivity contribution < 1.29 is 4.79 Å². The largest absolute Gasteiger partial charge is 0.317 e. The normalized spacial score (nSPS) is 17.2. The van der Waals surface area contributed by atoms with Gasteiger partial charge in [0.15, 0.2) is 5.65 Å². The number of anilines is 1. The number of carbonyl (C=O) groups is 1. The third kappa shape index (κ3) is 2.27.